The normalized spacial score (nSPS) is 33.5. The summed E-state index contributed by atoms with van der Waals surface area (Å²) in [5.74, 6) is 2.28. The molecule has 0 aromatic rings. The van der Waals surface area contributed by atoms with E-state index in [1.165, 1.54) is 38.5 Å². The van der Waals surface area contributed by atoms with Gasteiger partial charge in [-0.25, -0.2) is 4.79 Å². The molecule has 0 heterocycles. The summed E-state index contributed by atoms with van der Waals surface area (Å²) in [7, 11) is 0. The molecule has 5 heteroatoms. The number of carbonyl (C=O) groups is 1. The van der Waals surface area contributed by atoms with Crippen LogP contribution in [-0.2, 0) is 9.53 Å². The summed E-state index contributed by atoms with van der Waals surface area (Å²) in [4.78, 5) is 12.4. The fourth-order valence-electron chi connectivity index (χ4n) is 5.86. The molecule has 4 bridgehead atoms. The van der Waals surface area contributed by atoms with Crippen molar-refractivity contribution in [3.05, 3.63) is 11.6 Å². The minimum atomic E-state index is -0.889. The van der Waals surface area contributed by atoms with Gasteiger partial charge in [0, 0.05) is 16.4 Å². The zero-order valence-electron chi connectivity index (χ0n) is 16.0. The third kappa shape index (κ3) is 4.15. The van der Waals surface area contributed by atoms with E-state index in [9.17, 15) is 20.1 Å². The number of hydrogen-bond donors (Lipinski definition) is 3. The Morgan fingerprint density at radius 1 is 1.04 bits per heavy atom. The highest BCUT2D eigenvalue weighted by molar-refractivity contribution is 5.87. The highest BCUT2D eigenvalue weighted by Gasteiger charge is 2.51. The van der Waals surface area contributed by atoms with Crippen LogP contribution in [0.5, 0.6) is 0 Å². The quantitative estimate of drug-likeness (QED) is 0.431. The third-order valence-electron chi connectivity index (χ3n) is 7.13. The Kier molecular flexibility index (Phi) is 6.10. The number of ether oxygens (including phenoxy) is 1. The highest BCUT2D eigenvalue weighted by atomic mass is 16.5. The van der Waals surface area contributed by atoms with Gasteiger partial charge in [0.1, 0.15) is 0 Å². The fourth-order valence-corrected chi connectivity index (χ4v) is 5.86. The van der Waals surface area contributed by atoms with E-state index in [4.69, 9.17) is 4.74 Å². The van der Waals surface area contributed by atoms with E-state index >= 15 is 0 Å². The third-order valence-corrected chi connectivity index (χ3v) is 7.13. The van der Waals surface area contributed by atoms with E-state index in [0.717, 1.165) is 17.8 Å². The molecular weight excluding hydrogens is 332 g/mol. The van der Waals surface area contributed by atoms with Crippen LogP contribution in [0, 0.1) is 28.6 Å². The second kappa shape index (κ2) is 7.99. The molecule has 4 aliphatic carbocycles. The summed E-state index contributed by atoms with van der Waals surface area (Å²) >= 11 is 0. The summed E-state index contributed by atoms with van der Waals surface area (Å²) in [6, 6.07) is 0. The van der Waals surface area contributed by atoms with Crippen LogP contribution < -0.4 is 0 Å². The lowest BCUT2D eigenvalue weighted by Crippen LogP contribution is -2.48. The van der Waals surface area contributed by atoms with E-state index in [1.54, 1.807) is 13.0 Å². The van der Waals surface area contributed by atoms with Gasteiger partial charge in [-0.2, -0.15) is 0 Å². The topological polar surface area (TPSA) is 87.0 Å². The summed E-state index contributed by atoms with van der Waals surface area (Å²) in [5, 5.41) is 28.1. The fraction of sp³-hybridized carbons (Fsp3) is 0.857. The maximum absolute atomic E-state index is 12.4. The lowest BCUT2D eigenvalue weighted by Gasteiger charge is -2.56. The Balaban J connectivity index is 1.49. The summed E-state index contributed by atoms with van der Waals surface area (Å²) in [6.07, 6.45) is 10.5. The lowest BCUT2D eigenvalue weighted by molar-refractivity contribution is -0.151. The van der Waals surface area contributed by atoms with Gasteiger partial charge in [-0.15, -0.1) is 0 Å². The minimum absolute atomic E-state index is 0.227. The summed E-state index contributed by atoms with van der Waals surface area (Å²) in [5.41, 5.74) is -0.0952. The molecule has 5 nitrogen and oxygen atoms in total. The second-order valence-corrected chi connectivity index (χ2v) is 9.39. The second-order valence-electron chi connectivity index (χ2n) is 9.39. The van der Waals surface area contributed by atoms with Crippen LogP contribution in [0.25, 0.3) is 0 Å². The van der Waals surface area contributed by atoms with Crippen LogP contribution in [0.2, 0.25) is 0 Å². The number of aliphatic hydroxyl groups is 3. The first-order valence-electron chi connectivity index (χ1n) is 10.1. The molecule has 0 unspecified atom stereocenters. The van der Waals surface area contributed by atoms with Crippen LogP contribution >= 0.6 is 0 Å². The first-order chi connectivity index (χ1) is 12.4. The Morgan fingerprint density at radius 2 is 1.54 bits per heavy atom. The van der Waals surface area contributed by atoms with E-state index in [2.05, 4.69) is 0 Å². The van der Waals surface area contributed by atoms with Gasteiger partial charge in [-0.05, 0) is 76.0 Å². The van der Waals surface area contributed by atoms with Gasteiger partial charge in [-0.1, -0.05) is 6.08 Å². The molecule has 0 saturated heterocycles. The summed E-state index contributed by atoms with van der Waals surface area (Å²) < 4.78 is 5.69. The average molecular weight is 366 g/mol. The first-order valence-corrected chi connectivity index (χ1v) is 10.1. The maximum atomic E-state index is 12.4. The van der Waals surface area contributed by atoms with E-state index < -0.39 is 5.41 Å². The molecule has 0 atom stereocenters. The highest BCUT2D eigenvalue weighted by Crippen LogP contribution is 2.60. The number of aliphatic hydroxyl groups excluding tert-OH is 3. The smallest absolute Gasteiger partial charge is 0.333 e. The molecule has 4 fully saturated rings. The van der Waals surface area contributed by atoms with E-state index in [1.807, 2.05) is 0 Å². The number of rotatable bonds is 9. The SMILES string of the molecule is CC(=CCCC(CO)(CO)CO)C(=O)OCC12CC3CC(CC(C3)C1)C2. The molecule has 4 aliphatic rings. The Labute approximate surface area is 156 Å². The predicted molar refractivity (Wildman–Crippen MR) is 98.2 cm³/mol. The van der Waals surface area contributed by atoms with Crippen molar-refractivity contribution < 1.29 is 24.9 Å². The number of esters is 1. The number of hydrogen-bond acceptors (Lipinski definition) is 5. The number of allylic oxidation sites excluding steroid dienone is 1. The van der Waals surface area contributed by atoms with Crippen molar-refractivity contribution in [2.24, 2.45) is 28.6 Å². The molecule has 0 spiro atoms. The standard InChI is InChI=1S/C21H34O5/c1-15(3-2-4-20(11-22,12-23)13-24)19(25)26-14-21-8-16-5-17(9-21)7-18(6-16)10-21/h3,16-18,22-24H,2,4-14H2,1H3. The molecule has 4 saturated carbocycles. The van der Waals surface area contributed by atoms with Gasteiger partial charge in [0.15, 0.2) is 0 Å². The van der Waals surface area contributed by atoms with Crippen LogP contribution in [0.1, 0.15) is 58.3 Å². The van der Waals surface area contributed by atoms with Crippen molar-refractivity contribution in [2.45, 2.75) is 58.3 Å². The zero-order chi connectivity index (χ0) is 18.8. The molecule has 26 heavy (non-hydrogen) atoms. The van der Waals surface area contributed by atoms with Crippen molar-refractivity contribution >= 4 is 5.97 Å². The average Bonchev–Trinajstić information content (AvgIpc) is 2.62. The molecule has 4 rings (SSSR count). The molecule has 3 N–H and O–H groups in total. The van der Waals surface area contributed by atoms with E-state index in [0.29, 0.717) is 25.0 Å². The first kappa shape index (κ1) is 19.8. The molecule has 148 valence electrons. The maximum Gasteiger partial charge on any atom is 0.333 e. The molecule has 0 aromatic carbocycles. The Hall–Kier alpha value is -0.910. The lowest BCUT2D eigenvalue weighted by atomic mass is 9.50. The van der Waals surface area contributed by atoms with Crippen molar-refractivity contribution in [2.75, 3.05) is 26.4 Å². The van der Waals surface area contributed by atoms with Gasteiger partial charge in [0.2, 0.25) is 0 Å². The van der Waals surface area contributed by atoms with Crippen LogP contribution in [0.15, 0.2) is 11.6 Å². The van der Waals surface area contributed by atoms with Gasteiger partial charge < -0.3 is 20.1 Å². The van der Waals surface area contributed by atoms with Crippen LogP contribution in [0.4, 0.5) is 0 Å². The summed E-state index contributed by atoms with van der Waals surface area (Å²) in [6.45, 7) is 1.48. The van der Waals surface area contributed by atoms with E-state index in [-0.39, 0.29) is 31.2 Å². The number of carbonyl (C=O) groups excluding carboxylic acids is 1. The Bertz CT molecular complexity index is 491. The van der Waals surface area contributed by atoms with Crippen LogP contribution in [-0.4, -0.2) is 47.7 Å². The largest absolute Gasteiger partial charge is 0.462 e. The monoisotopic (exact) mass is 366 g/mol. The van der Waals surface area contributed by atoms with Gasteiger partial charge in [0.05, 0.1) is 26.4 Å². The van der Waals surface area contributed by atoms with Gasteiger partial charge in [-0.3, -0.25) is 0 Å². The van der Waals surface area contributed by atoms with Gasteiger partial charge >= 0.3 is 5.97 Å². The van der Waals surface area contributed by atoms with Crippen molar-refractivity contribution in [1.29, 1.82) is 0 Å². The van der Waals surface area contributed by atoms with Crippen molar-refractivity contribution in [3.63, 3.8) is 0 Å². The zero-order valence-corrected chi connectivity index (χ0v) is 16.0. The van der Waals surface area contributed by atoms with Crippen molar-refractivity contribution in [1.82, 2.24) is 0 Å². The molecule has 0 amide bonds. The van der Waals surface area contributed by atoms with Gasteiger partial charge in [0.25, 0.3) is 0 Å². The predicted octanol–water partition coefficient (Wildman–Crippen LogP) is 2.44. The molecule has 0 radical (unpaired) electrons. The molecule has 0 aliphatic heterocycles. The van der Waals surface area contributed by atoms with Crippen molar-refractivity contribution in [3.8, 4) is 0 Å². The molecular formula is C21H34O5. The Morgan fingerprint density at radius 3 is 2.00 bits per heavy atom. The van der Waals surface area contributed by atoms with Crippen LogP contribution in [0.3, 0.4) is 0 Å². The molecule has 0 aromatic heterocycles. The minimum Gasteiger partial charge on any atom is -0.462 e.